The quantitative estimate of drug-likeness (QED) is 0.596. The van der Waals surface area contributed by atoms with Gasteiger partial charge in [-0.3, -0.25) is 9.88 Å². The molecule has 0 aliphatic carbocycles. The van der Waals surface area contributed by atoms with Gasteiger partial charge in [0.1, 0.15) is 0 Å². The summed E-state index contributed by atoms with van der Waals surface area (Å²) < 4.78 is 0. The highest BCUT2D eigenvalue weighted by atomic mass is 35.5. The molecule has 142 valence electrons. The number of rotatable bonds is 5. The molecule has 3 aromatic rings. The molecule has 3 heterocycles. The third-order valence-electron chi connectivity index (χ3n) is 5.27. The second kappa shape index (κ2) is 7.68. The zero-order chi connectivity index (χ0) is 19.0. The largest absolute Gasteiger partial charge is 0.394 e. The highest BCUT2D eigenvalue weighted by Crippen LogP contribution is 2.35. The van der Waals surface area contributed by atoms with E-state index in [0.717, 1.165) is 59.1 Å². The molecule has 0 saturated carbocycles. The molecule has 0 spiro atoms. The van der Waals surface area contributed by atoms with Crippen molar-refractivity contribution in [1.82, 2.24) is 14.9 Å². The number of aliphatic hydroxyl groups is 1. The van der Waals surface area contributed by atoms with E-state index in [4.69, 9.17) is 23.2 Å². The molecule has 7 heteroatoms. The van der Waals surface area contributed by atoms with Crippen molar-refractivity contribution in [3.8, 4) is 0 Å². The number of hydrogen-bond acceptors (Lipinski definition) is 4. The monoisotopic (exact) mass is 404 g/mol. The average molecular weight is 405 g/mol. The minimum atomic E-state index is -0.0414. The average Bonchev–Trinajstić information content (AvgIpc) is 3.02. The first-order valence-electron chi connectivity index (χ1n) is 9.07. The van der Waals surface area contributed by atoms with Crippen molar-refractivity contribution in [1.29, 1.82) is 0 Å². The van der Waals surface area contributed by atoms with Crippen molar-refractivity contribution < 1.29 is 5.11 Å². The number of anilines is 1. The molecule has 1 atom stereocenters. The summed E-state index contributed by atoms with van der Waals surface area (Å²) in [5.74, 6) is 0. The molecule has 0 saturated heterocycles. The molecule has 0 amide bonds. The van der Waals surface area contributed by atoms with Crippen LogP contribution in [0.1, 0.15) is 23.0 Å². The van der Waals surface area contributed by atoms with E-state index >= 15 is 0 Å². The number of nitrogens with zero attached hydrogens (tertiary/aromatic N) is 2. The summed E-state index contributed by atoms with van der Waals surface area (Å²) in [4.78, 5) is 10.1. The fourth-order valence-electron chi connectivity index (χ4n) is 3.88. The molecule has 0 bridgehead atoms. The maximum Gasteiger partial charge on any atom is 0.0736 e. The predicted molar refractivity (Wildman–Crippen MR) is 111 cm³/mol. The molecule has 27 heavy (non-hydrogen) atoms. The van der Waals surface area contributed by atoms with E-state index in [-0.39, 0.29) is 12.6 Å². The first-order chi connectivity index (χ1) is 13.1. The van der Waals surface area contributed by atoms with Gasteiger partial charge >= 0.3 is 0 Å². The number of benzene rings is 1. The van der Waals surface area contributed by atoms with Crippen LogP contribution in [0.5, 0.6) is 0 Å². The van der Waals surface area contributed by atoms with Crippen molar-refractivity contribution in [3.05, 3.63) is 57.5 Å². The molecule has 3 N–H and O–H groups in total. The Morgan fingerprint density at radius 1 is 1.30 bits per heavy atom. The van der Waals surface area contributed by atoms with E-state index in [1.807, 2.05) is 31.2 Å². The van der Waals surface area contributed by atoms with Gasteiger partial charge in [0.15, 0.2) is 0 Å². The number of hydrogen-bond donors (Lipinski definition) is 3. The Morgan fingerprint density at radius 2 is 2.15 bits per heavy atom. The Kier molecular flexibility index (Phi) is 5.28. The first kappa shape index (κ1) is 18.6. The van der Waals surface area contributed by atoms with Crippen LogP contribution < -0.4 is 5.32 Å². The van der Waals surface area contributed by atoms with Crippen molar-refractivity contribution in [2.24, 2.45) is 0 Å². The Balaban J connectivity index is 1.50. The lowest BCUT2D eigenvalue weighted by atomic mass is 9.97. The van der Waals surface area contributed by atoms with E-state index in [9.17, 15) is 5.11 Å². The number of aliphatic hydroxyl groups excluding tert-OH is 1. The zero-order valence-electron chi connectivity index (χ0n) is 15.1. The Hall–Kier alpha value is -1.79. The van der Waals surface area contributed by atoms with E-state index < -0.39 is 0 Å². The van der Waals surface area contributed by atoms with Crippen molar-refractivity contribution in [3.63, 3.8) is 0 Å². The lowest BCUT2D eigenvalue weighted by Crippen LogP contribution is -2.40. The number of aryl methyl sites for hydroxylation is 1. The molecule has 1 aromatic carbocycles. The van der Waals surface area contributed by atoms with Gasteiger partial charge in [-0.25, -0.2) is 0 Å². The van der Waals surface area contributed by atoms with Gasteiger partial charge in [0.25, 0.3) is 0 Å². The normalized spacial score (nSPS) is 17.3. The van der Waals surface area contributed by atoms with Gasteiger partial charge in [-0.2, -0.15) is 0 Å². The number of pyridine rings is 1. The van der Waals surface area contributed by atoms with E-state index in [2.05, 4.69) is 20.2 Å². The summed E-state index contributed by atoms with van der Waals surface area (Å²) in [5, 5.41) is 16.0. The SMILES string of the molecule is Cc1ncc(Cl)cc1NCCN1CCc2c([nH]c3ccc(Cl)cc23)C1CO. The van der Waals surface area contributed by atoms with Crippen molar-refractivity contribution in [2.45, 2.75) is 19.4 Å². The van der Waals surface area contributed by atoms with Crippen LogP contribution >= 0.6 is 23.2 Å². The number of aromatic amines is 1. The molecule has 5 nitrogen and oxygen atoms in total. The van der Waals surface area contributed by atoms with Crippen molar-refractivity contribution in [2.75, 3.05) is 31.6 Å². The Morgan fingerprint density at radius 3 is 2.96 bits per heavy atom. The molecular weight excluding hydrogens is 383 g/mol. The van der Waals surface area contributed by atoms with Crippen LogP contribution in [-0.2, 0) is 6.42 Å². The van der Waals surface area contributed by atoms with Crippen LogP contribution in [0.2, 0.25) is 10.0 Å². The van der Waals surface area contributed by atoms with Crippen LogP contribution in [-0.4, -0.2) is 46.2 Å². The molecule has 1 aliphatic rings. The topological polar surface area (TPSA) is 64.2 Å². The van der Waals surface area contributed by atoms with Gasteiger partial charge in [-0.05, 0) is 43.2 Å². The highest BCUT2D eigenvalue weighted by molar-refractivity contribution is 6.31. The lowest BCUT2D eigenvalue weighted by Gasteiger charge is -2.34. The standard InChI is InChI=1S/C20H22Cl2N4O/c1-12-18(9-14(22)10-24-12)23-5-7-26-6-4-15-16-8-13(21)2-3-17(16)25-20(15)19(26)11-27/h2-3,8-10,19,23,25,27H,4-7,11H2,1H3. The number of fused-ring (bicyclic) bond motifs is 3. The fourth-order valence-corrected chi connectivity index (χ4v) is 4.21. The first-order valence-corrected chi connectivity index (χ1v) is 9.83. The Bertz CT molecular complexity index is 972. The second-order valence-corrected chi connectivity index (χ2v) is 7.78. The molecule has 0 radical (unpaired) electrons. The van der Waals surface area contributed by atoms with Gasteiger partial charge in [-0.15, -0.1) is 0 Å². The highest BCUT2D eigenvalue weighted by Gasteiger charge is 2.29. The summed E-state index contributed by atoms with van der Waals surface area (Å²) in [5.41, 5.74) is 5.31. The van der Waals surface area contributed by atoms with Crippen molar-refractivity contribution >= 4 is 39.8 Å². The van der Waals surface area contributed by atoms with Crippen LogP contribution in [0, 0.1) is 6.92 Å². The maximum absolute atomic E-state index is 10.0. The number of halogens is 2. The van der Waals surface area contributed by atoms with Gasteiger partial charge in [-0.1, -0.05) is 23.2 Å². The summed E-state index contributed by atoms with van der Waals surface area (Å²) in [6.07, 6.45) is 2.59. The summed E-state index contributed by atoms with van der Waals surface area (Å²) in [6.45, 7) is 4.49. The number of H-pyrrole nitrogens is 1. The van der Waals surface area contributed by atoms with Gasteiger partial charge < -0.3 is 15.4 Å². The van der Waals surface area contributed by atoms with Gasteiger partial charge in [0, 0.05) is 47.5 Å². The third-order valence-corrected chi connectivity index (χ3v) is 5.71. The minimum absolute atomic E-state index is 0.0414. The summed E-state index contributed by atoms with van der Waals surface area (Å²) >= 11 is 12.2. The zero-order valence-corrected chi connectivity index (χ0v) is 16.6. The lowest BCUT2D eigenvalue weighted by molar-refractivity contribution is 0.116. The van der Waals surface area contributed by atoms with Crippen LogP contribution in [0.4, 0.5) is 5.69 Å². The van der Waals surface area contributed by atoms with Gasteiger partial charge in [0.05, 0.1) is 29.1 Å². The van der Waals surface area contributed by atoms with Crippen LogP contribution in [0.15, 0.2) is 30.5 Å². The Labute approximate surface area is 168 Å². The summed E-state index contributed by atoms with van der Waals surface area (Å²) in [7, 11) is 0. The maximum atomic E-state index is 10.0. The van der Waals surface area contributed by atoms with E-state index in [0.29, 0.717) is 5.02 Å². The molecule has 1 unspecified atom stereocenters. The smallest absolute Gasteiger partial charge is 0.0736 e. The van der Waals surface area contributed by atoms with Crippen LogP contribution in [0.3, 0.4) is 0 Å². The molecule has 2 aromatic heterocycles. The summed E-state index contributed by atoms with van der Waals surface area (Å²) in [6, 6.07) is 7.75. The number of nitrogens with one attached hydrogen (secondary N) is 2. The molecular formula is C20H22Cl2N4O. The molecule has 0 fully saturated rings. The second-order valence-electron chi connectivity index (χ2n) is 6.90. The third kappa shape index (κ3) is 3.65. The minimum Gasteiger partial charge on any atom is -0.394 e. The molecule has 4 rings (SSSR count). The predicted octanol–water partition coefficient (Wildman–Crippen LogP) is 4.18. The van der Waals surface area contributed by atoms with E-state index in [1.54, 1.807) is 6.20 Å². The molecule has 1 aliphatic heterocycles. The number of aromatic nitrogens is 2. The fraction of sp³-hybridized carbons (Fsp3) is 0.350. The van der Waals surface area contributed by atoms with Gasteiger partial charge in [0.2, 0.25) is 0 Å². The van der Waals surface area contributed by atoms with E-state index in [1.165, 1.54) is 5.56 Å². The van der Waals surface area contributed by atoms with Crippen LogP contribution in [0.25, 0.3) is 10.9 Å².